The van der Waals surface area contributed by atoms with Gasteiger partial charge in [0, 0.05) is 6.04 Å². The Morgan fingerprint density at radius 3 is 2.83 bits per heavy atom. The first-order chi connectivity index (χ1) is 5.88. The number of hydrogen-bond acceptors (Lipinski definition) is 3. The fourth-order valence-electron chi connectivity index (χ4n) is 1.83. The normalized spacial score (nSPS) is 30.5. The van der Waals surface area contributed by atoms with Gasteiger partial charge in [0.25, 0.3) is 0 Å². The summed E-state index contributed by atoms with van der Waals surface area (Å²) in [7, 11) is 1.98. The van der Waals surface area contributed by atoms with Gasteiger partial charge in [-0.15, -0.1) is 0 Å². The predicted molar refractivity (Wildman–Crippen MR) is 48.1 cm³/mol. The van der Waals surface area contributed by atoms with Crippen molar-refractivity contribution in [2.45, 2.75) is 37.8 Å². The van der Waals surface area contributed by atoms with Gasteiger partial charge in [0.1, 0.15) is 0 Å². The van der Waals surface area contributed by atoms with Gasteiger partial charge in [0.15, 0.2) is 0 Å². The van der Waals surface area contributed by atoms with Gasteiger partial charge in [0.2, 0.25) is 0 Å². The number of likely N-dealkylation sites (N-methyl/N-ethyl adjacent to an activating group) is 1. The summed E-state index contributed by atoms with van der Waals surface area (Å²) in [6.07, 6.45) is 5.20. The fraction of sp³-hybridized carbons (Fsp3) is 1.00. The maximum absolute atomic E-state index is 8.61. The van der Waals surface area contributed by atoms with Crippen LogP contribution < -0.4 is 5.32 Å². The molecule has 72 valence electrons. The van der Waals surface area contributed by atoms with Crippen molar-refractivity contribution in [3.63, 3.8) is 0 Å². The molecule has 1 aliphatic rings. The zero-order valence-electron chi connectivity index (χ0n) is 7.75. The van der Waals surface area contributed by atoms with Crippen LogP contribution in [-0.4, -0.2) is 37.5 Å². The van der Waals surface area contributed by atoms with Gasteiger partial charge < -0.3 is 15.2 Å². The number of aliphatic hydroxyl groups excluding tert-OH is 1. The molecule has 0 aromatic carbocycles. The van der Waals surface area contributed by atoms with Crippen LogP contribution in [-0.2, 0) is 4.74 Å². The summed E-state index contributed by atoms with van der Waals surface area (Å²) < 4.78 is 5.52. The van der Waals surface area contributed by atoms with E-state index < -0.39 is 0 Å². The number of aliphatic hydroxyl groups is 1. The molecule has 0 aliphatic heterocycles. The van der Waals surface area contributed by atoms with E-state index >= 15 is 0 Å². The van der Waals surface area contributed by atoms with Crippen LogP contribution in [0.3, 0.4) is 0 Å². The van der Waals surface area contributed by atoms with Crippen LogP contribution in [0.25, 0.3) is 0 Å². The van der Waals surface area contributed by atoms with Crippen molar-refractivity contribution >= 4 is 0 Å². The third-order valence-electron chi connectivity index (χ3n) is 2.50. The van der Waals surface area contributed by atoms with Gasteiger partial charge in [-0.2, -0.15) is 0 Å². The average Bonchev–Trinajstić information content (AvgIpc) is 2.15. The van der Waals surface area contributed by atoms with E-state index in [2.05, 4.69) is 5.32 Å². The molecule has 2 unspecified atom stereocenters. The number of rotatable bonds is 4. The van der Waals surface area contributed by atoms with Crippen LogP contribution in [0.15, 0.2) is 0 Å². The molecule has 0 bridgehead atoms. The van der Waals surface area contributed by atoms with Crippen LogP contribution in [0, 0.1) is 0 Å². The lowest BCUT2D eigenvalue weighted by molar-refractivity contribution is -0.00908. The summed E-state index contributed by atoms with van der Waals surface area (Å²) in [5, 5.41) is 11.9. The Morgan fingerprint density at radius 2 is 2.17 bits per heavy atom. The van der Waals surface area contributed by atoms with E-state index in [1.54, 1.807) is 0 Å². The molecule has 0 saturated heterocycles. The van der Waals surface area contributed by atoms with Crippen molar-refractivity contribution in [2.75, 3.05) is 20.3 Å². The third-order valence-corrected chi connectivity index (χ3v) is 2.50. The van der Waals surface area contributed by atoms with E-state index in [4.69, 9.17) is 9.84 Å². The van der Waals surface area contributed by atoms with Crippen LogP contribution in [0.5, 0.6) is 0 Å². The van der Waals surface area contributed by atoms with Crippen molar-refractivity contribution in [3.05, 3.63) is 0 Å². The van der Waals surface area contributed by atoms with Crippen LogP contribution in [0.2, 0.25) is 0 Å². The zero-order chi connectivity index (χ0) is 8.81. The molecule has 1 fully saturated rings. The topological polar surface area (TPSA) is 41.5 Å². The van der Waals surface area contributed by atoms with Crippen LogP contribution >= 0.6 is 0 Å². The van der Waals surface area contributed by atoms with Gasteiger partial charge in [-0.3, -0.25) is 0 Å². The summed E-state index contributed by atoms with van der Waals surface area (Å²) in [5.41, 5.74) is 0. The second-order valence-corrected chi connectivity index (χ2v) is 3.31. The summed E-state index contributed by atoms with van der Waals surface area (Å²) in [5.74, 6) is 0. The molecule has 3 heteroatoms. The Balaban J connectivity index is 2.26. The molecule has 0 aromatic heterocycles. The molecular formula is C9H19NO2. The molecule has 0 amide bonds. The third kappa shape index (κ3) is 2.73. The smallest absolute Gasteiger partial charge is 0.0729 e. The molecule has 2 N–H and O–H groups in total. The molecule has 1 saturated carbocycles. The molecule has 3 nitrogen and oxygen atoms in total. The highest BCUT2D eigenvalue weighted by atomic mass is 16.5. The first kappa shape index (κ1) is 9.96. The highest BCUT2D eigenvalue weighted by Crippen LogP contribution is 2.20. The molecule has 0 aromatic rings. The van der Waals surface area contributed by atoms with E-state index in [9.17, 15) is 0 Å². The van der Waals surface area contributed by atoms with E-state index in [0.29, 0.717) is 18.8 Å². The molecule has 2 atom stereocenters. The van der Waals surface area contributed by atoms with Crippen LogP contribution in [0.4, 0.5) is 0 Å². The first-order valence-corrected chi connectivity index (χ1v) is 4.78. The highest BCUT2D eigenvalue weighted by molar-refractivity contribution is 4.80. The van der Waals surface area contributed by atoms with Gasteiger partial charge in [-0.05, 0) is 19.9 Å². The number of ether oxygens (including phenoxy) is 1. The number of nitrogens with one attached hydrogen (secondary N) is 1. The predicted octanol–water partition coefficient (Wildman–Crippen LogP) is 0.526. The summed E-state index contributed by atoms with van der Waals surface area (Å²) in [6.45, 7) is 0.607. The largest absolute Gasteiger partial charge is 0.394 e. The lowest BCUT2D eigenvalue weighted by Gasteiger charge is -2.30. The standard InChI is InChI=1S/C9H19NO2/c1-10-8-4-2-3-5-9(8)12-7-6-11/h8-11H,2-7H2,1H3. The summed E-state index contributed by atoms with van der Waals surface area (Å²) in [4.78, 5) is 0. The molecule has 1 rings (SSSR count). The Morgan fingerprint density at radius 1 is 1.42 bits per heavy atom. The van der Waals surface area contributed by atoms with Gasteiger partial charge in [-0.25, -0.2) is 0 Å². The fourth-order valence-corrected chi connectivity index (χ4v) is 1.83. The molecule has 12 heavy (non-hydrogen) atoms. The Bertz CT molecular complexity index is 119. The van der Waals surface area contributed by atoms with Gasteiger partial charge in [0.05, 0.1) is 19.3 Å². The Kier molecular flexibility index (Phi) is 4.58. The molecule has 1 aliphatic carbocycles. The van der Waals surface area contributed by atoms with Crippen molar-refractivity contribution in [3.8, 4) is 0 Å². The molecular weight excluding hydrogens is 154 g/mol. The molecule has 0 spiro atoms. The van der Waals surface area contributed by atoms with Crippen LogP contribution in [0.1, 0.15) is 25.7 Å². The van der Waals surface area contributed by atoms with Crippen molar-refractivity contribution < 1.29 is 9.84 Å². The summed E-state index contributed by atoms with van der Waals surface area (Å²) >= 11 is 0. The van der Waals surface area contributed by atoms with Crippen molar-refractivity contribution in [1.29, 1.82) is 0 Å². The van der Waals surface area contributed by atoms with E-state index in [1.165, 1.54) is 19.3 Å². The molecule has 0 heterocycles. The maximum atomic E-state index is 8.61. The minimum atomic E-state index is 0.132. The van der Waals surface area contributed by atoms with Crippen molar-refractivity contribution in [2.24, 2.45) is 0 Å². The highest BCUT2D eigenvalue weighted by Gasteiger charge is 2.23. The van der Waals surface area contributed by atoms with Crippen molar-refractivity contribution in [1.82, 2.24) is 5.32 Å². The lowest BCUT2D eigenvalue weighted by Crippen LogP contribution is -2.42. The van der Waals surface area contributed by atoms with E-state index in [0.717, 1.165) is 6.42 Å². The molecule has 0 radical (unpaired) electrons. The SMILES string of the molecule is CNC1CCCCC1OCCO. The zero-order valence-corrected chi connectivity index (χ0v) is 7.75. The average molecular weight is 173 g/mol. The second-order valence-electron chi connectivity index (χ2n) is 3.31. The maximum Gasteiger partial charge on any atom is 0.0729 e. The van der Waals surface area contributed by atoms with E-state index in [-0.39, 0.29) is 6.61 Å². The lowest BCUT2D eigenvalue weighted by atomic mass is 9.92. The second kappa shape index (κ2) is 5.51. The summed E-state index contributed by atoms with van der Waals surface area (Å²) in [6, 6.07) is 0.491. The minimum Gasteiger partial charge on any atom is -0.394 e. The Labute approximate surface area is 74.1 Å². The first-order valence-electron chi connectivity index (χ1n) is 4.78. The van der Waals surface area contributed by atoms with Gasteiger partial charge in [-0.1, -0.05) is 12.8 Å². The number of hydrogen-bond donors (Lipinski definition) is 2. The minimum absolute atomic E-state index is 0.132. The Hall–Kier alpha value is -0.120. The monoisotopic (exact) mass is 173 g/mol. The quantitative estimate of drug-likeness (QED) is 0.651. The van der Waals surface area contributed by atoms with Gasteiger partial charge >= 0.3 is 0 Å². The van der Waals surface area contributed by atoms with E-state index in [1.807, 2.05) is 7.05 Å².